The summed E-state index contributed by atoms with van der Waals surface area (Å²) in [5.74, 6) is 0. The van der Waals surface area contributed by atoms with Gasteiger partial charge in [-0.3, -0.25) is 0 Å². The highest BCUT2D eigenvalue weighted by atomic mass is 16.5. The molecular weight excluding hydrogens is 300 g/mol. The van der Waals surface area contributed by atoms with Gasteiger partial charge in [0.2, 0.25) is 0 Å². The average molecular weight is 367 g/mol. The molecule has 24 heavy (non-hydrogen) atoms. The van der Waals surface area contributed by atoms with Crippen LogP contribution in [0.3, 0.4) is 0 Å². The van der Waals surface area contributed by atoms with Crippen LogP contribution >= 0.6 is 0 Å². The third kappa shape index (κ3) is 2700. The molecule has 0 aromatic heterocycles. The third-order valence-corrected chi connectivity index (χ3v) is 0.577. The van der Waals surface area contributed by atoms with Crippen LogP contribution in [-0.2, 0) is 9.47 Å². The normalized spacial score (nSPS) is 4.50. The van der Waals surface area contributed by atoms with Crippen molar-refractivity contribution in [3.05, 3.63) is 0 Å². The lowest BCUT2D eigenvalue weighted by atomic mass is 10.6. The molecular formula is C21H66O3. The number of rotatable bonds is 2. The Balaban J connectivity index is -0.00000000698. The first-order valence-corrected chi connectivity index (χ1v) is 7.25. The van der Waals surface area contributed by atoms with Crippen LogP contribution in [0.25, 0.3) is 0 Å². The lowest BCUT2D eigenvalue weighted by Gasteiger charge is -1.76. The van der Waals surface area contributed by atoms with E-state index in [0.717, 1.165) is 13.2 Å². The van der Waals surface area contributed by atoms with Crippen molar-refractivity contribution < 1.29 is 14.6 Å². The molecule has 0 heterocycles. The number of hydrogen-bond donors (Lipinski definition) is 1. The smallest absolute Gasteiger partial charge is 0.0433 e. The number of ether oxygens (including phenoxy) is 2. The van der Waals surface area contributed by atoms with Gasteiger partial charge in [0.1, 0.15) is 0 Å². The molecule has 0 saturated heterocycles. The van der Waals surface area contributed by atoms with Crippen LogP contribution in [-0.4, -0.2) is 39.1 Å². The largest absolute Gasteiger partial charge is 0.397 e. The zero-order chi connectivity index (χ0) is 16.2. The molecule has 0 amide bonds. The lowest BCUT2D eigenvalue weighted by Crippen LogP contribution is -1.73. The van der Waals surface area contributed by atoms with Gasteiger partial charge in [-0.05, 0) is 20.8 Å². The van der Waals surface area contributed by atoms with E-state index in [2.05, 4.69) is 23.3 Å². The maximum absolute atomic E-state index is 7.57. The minimum atomic E-state index is 0. The van der Waals surface area contributed by atoms with E-state index in [-0.39, 0.29) is 51.2 Å². The molecule has 0 aliphatic rings. The number of aliphatic hydroxyl groups is 1. The molecule has 0 aromatic carbocycles. The molecule has 0 saturated carbocycles. The number of methoxy groups -OCH3 is 2. The molecule has 0 radical (unpaired) electrons. The Kier molecular flexibility index (Phi) is 1170. The molecule has 168 valence electrons. The highest BCUT2D eigenvalue weighted by Gasteiger charge is 1.52. The number of aliphatic hydroxyl groups excluding tert-OH is 1. The Morgan fingerprint density at radius 3 is 0.583 bits per heavy atom. The summed E-state index contributed by atoms with van der Waals surface area (Å²) in [5, 5.41) is 7.57. The van der Waals surface area contributed by atoms with Gasteiger partial charge in [-0.2, -0.15) is 0 Å². The fraction of sp³-hybridized carbons (Fsp3) is 1.00. The fourth-order valence-corrected chi connectivity index (χ4v) is 0. The van der Waals surface area contributed by atoms with Crippen LogP contribution in [0.15, 0.2) is 0 Å². The van der Waals surface area contributed by atoms with Gasteiger partial charge in [0, 0.05) is 34.0 Å². The second kappa shape index (κ2) is 317. The van der Waals surface area contributed by atoms with Crippen molar-refractivity contribution in [3.63, 3.8) is 0 Å². The van der Waals surface area contributed by atoms with Gasteiger partial charge in [0.15, 0.2) is 0 Å². The molecule has 0 aromatic rings. The first-order chi connectivity index (χ1) is 8.66. The van der Waals surface area contributed by atoms with Crippen molar-refractivity contribution in [1.82, 2.24) is 0 Å². The minimum absolute atomic E-state index is 0. The summed E-state index contributed by atoms with van der Waals surface area (Å²) in [4.78, 5) is 0. The van der Waals surface area contributed by atoms with Crippen LogP contribution < -0.4 is 0 Å². The minimum Gasteiger partial charge on any atom is -0.397 e. The quantitative estimate of drug-likeness (QED) is 0.531. The van der Waals surface area contributed by atoms with Crippen LogP contribution in [0.4, 0.5) is 0 Å². The highest BCUT2D eigenvalue weighted by Crippen LogP contribution is 1.56. The fourth-order valence-electron chi connectivity index (χ4n) is 0. The summed E-state index contributed by atoms with van der Waals surface area (Å²) < 4.78 is 9.08. The molecule has 1 N–H and O–H groups in total. The Labute approximate surface area is 162 Å². The van der Waals surface area contributed by atoms with Crippen molar-refractivity contribution >= 4 is 0 Å². The van der Waals surface area contributed by atoms with E-state index in [4.69, 9.17) is 5.11 Å². The monoisotopic (exact) mass is 367 g/mol. The van der Waals surface area contributed by atoms with Crippen molar-refractivity contribution in [1.29, 1.82) is 0 Å². The Morgan fingerprint density at radius 2 is 0.583 bits per heavy atom. The second-order valence-electron chi connectivity index (χ2n) is 2.18. The molecule has 0 rings (SSSR count). The first-order valence-electron chi connectivity index (χ1n) is 7.25. The molecule has 0 aliphatic carbocycles. The van der Waals surface area contributed by atoms with Crippen molar-refractivity contribution in [2.75, 3.05) is 34.0 Å². The Hall–Kier alpha value is -0.120. The van der Waals surface area contributed by atoms with Gasteiger partial charge in [-0.15, -0.1) is 0 Å². The van der Waals surface area contributed by atoms with E-state index in [1.54, 1.807) is 21.1 Å². The van der Waals surface area contributed by atoms with Gasteiger partial charge >= 0.3 is 0 Å². The van der Waals surface area contributed by atoms with Crippen LogP contribution in [0.5, 0.6) is 0 Å². The van der Waals surface area contributed by atoms with Crippen molar-refractivity contribution in [2.45, 2.75) is 113 Å². The standard InChI is InChI=1S/2C3H8O.C3H8.C2H6O.2C2H6.6CH4/c2*1-3-4-2;1-3-2;1-2-3;2*1-2;;;;;;/h2*3H2,1-2H3;3H2,1-2H3;3H,2H2,1H3;2*1-2H3;6*1H4. The summed E-state index contributed by atoms with van der Waals surface area (Å²) in [5.41, 5.74) is 0. The zero-order valence-corrected chi connectivity index (χ0v) is 15.1. The van der Waals surface area contributed by atoms with E-state index in [0.29, 0.717) is 0 Å². The van der Waals surface area contributed by atoms with E-state index in [1.807, 2.05) is 41.5 Å². The van der Waals surface area contributed by atoms with Gasteiger partial charge in [0.25, 0.3) is 0 Å². The van der Waals surface area contributed by atoms with Crippen LogP contribution in [0, 0.1) is 0 Å². The van der Waals surface area contributed by atoms with Gasteiger partial charge in [-0.1, -0.05) is 92.5 Å². The van der Waals surface area contributed by atoms with Crippen molar-refractivity contribution in [2.24, 2.45) is 0 Å². The summed E-state index contributed by atoms with van der Waals surface area (Å²) in [6, 6.07) is 0. The SMILES string of the molecule is C.C.C.C.C.C.CC.CC.CCC.CCO.CCOC.CCOC. The molecule has 0 spiro atoms. The Bertz CT molecular complexity index is 34.1. The van der Waals surface area contributed by atoms with Crippen LogP contribution in [0.2, 0.25) is 0 Å². The van der Waals surface area contributed by atoms with Crippen LogP contribution in [0.1, 0.15) is 113 Å². The first kappa shape index (κ1) is 88.6. The van der Waals surface area contributed by atoms with Crippen molar-refractivity contribution in [3.8, 4) is 0 Å². The lowest BCUT2D eigenvalue weighted by molar-refractivity contribution is 0.215. The third-order valence-electron chi connectivity index (χ3n) is 0.577. The molecule has 0 unspecified atom stereocenters. The number of hydrogen-bond acceptors (Lipinski definition) is 3. The Morgan fingerprint density at radius 1 is 0.542 bits per heavy atom. The molecule has 0 atom stereocenters. The summed E-state index contributed by atoms with van der Waals surface area (Å²) in [7, 11) is 3.36. The summed E-state index contributed by atoms with van der Waals surface area (Å²) in [6.07, 6.45) is 1.25. The summed E-state index contributed by atoms with van der Waals surface area (Å²) in [6.45, 7) is 19.7. The van der Waals surface area contributed by atoms with E-state index >= 15 is 0 Å². The highest BCUT2D eigenvalue weighted by molar-refractivity contribution is 3.95. The molecule has 0 aliphatic heterocycles. The van der Waals surface area contributed by atoms with E-state index < -0.39 is 0 Å². The predicted molar refractivity (Wildman–Crippen MR) is 127 cm³/mol. The molecule has 3 nitrogen and oxygen atoms in total. The zero-order valence-electron chi connectivity index (χ0n) is 15.1. The molecule has 0 fully saturated rings. The molecule has 0 bridgehead atoms. The van der Waals surface area contributed by atoms with Gasteiger partial charge < -0.3 is 14.6 Å². The van der Waals surface area contributed by atoms with Gasteiger partial charge in [0.05, 0.1) is 0 Å². The van der Waals surface area contributed by atoms with E-state index in [9.17, 15) is 0 Å². The maximum Gasteiger partial charge on any atom is 0.0433 e. The average Bonchev–Trinajstić information content (AvgIpc) is 2.45. The second-order valence-corrected chi connectivity index (χ2v) is 2.18. The van der Waals surface area contributed by atoms with E-state index in [1.165, 1.54) is 6.42 Å². The maximum atomic E-state index is 7.57. The van der Waals surface area contributed by atoms with Gasteiger partial charge in [-0.25, -0.2) is 0 Å². The summed E-state index contributed by atoms with van der Waals surface area (Å²) >= 11 is 0. The predicted octanol–water partition coefficient (Wildman–Crippen LogP) is 8.59. The topological polar surface area (TPSA) is 38.7 Å². The molecule has 3 heteroatoms.